The minimum Gasteiger partial charge on any atom is -0.372 e. The van der Waals surface area contributed by atoms with E-state index in [2.05, 4.69) is 4.98 Å². The van der Waals surface area contributed by atoms with Crippen LogP contribution in [-0.4, -0.2) is 46.9 Å². The molecule has 0 saturated carbocycles. The summed E-state index contributed by atoms with van der Waals surface area (Å²) in [5.74, 6) is -0.921. The average Bonchev–Trinajstić information content (AvgIpc) is 2.88. The van der Waals surface area contributed by atoms with Gasteiger partial charge in [0.15, 0.2) is 0 Å². The van der Waals surface area contributed by atoms with Crippen molar-refractivity contribution in [3.63, 3.8) is 0 Å². The third-order valence-corrected chi connectivity index (χ3v) is 3.73. The lowest BCUT2D eigenvalue weighted by molar-refractivity contribution is -0.138. The van der Waals surface area contributed by atoms with Gasteiger partial charge < -0.3 is 14.6 Å². The largest absolute Gasteiger partial charge is 0.372 e. The number of ether oxygens (including phenoxy) is 1. The fraction of sp³-hybridized carbons (Fsp3) is 0.375. The van der Waals surface area contributed by atoms with Gasteiger partial charge in [-0.2, -0.15) is 0 Å². The maximum absolute atomic E-state index is 12.5. The molecule has 0 spiro atoms. The van der Waals surface area contributed by atoms with E-state index >= 15 is 0 Å². The summed E-state index contributed by atoms with van der Waals surface area (Å²) < 4.78 is 5.60. The molecule has 1 aliphatic heterocycles. The molecule has 2 atom stereocenters. The Morgan fingerprint density at radius 3 is 2.57 bits per heavy atom. The van der Waals surface area contributed by atoms with Gasteiger partial charge in [0.1, 0.15) is 0 Å². The second-order valence-corrected chi connectivity index (χ2v) is 5.54. The standard InChI is InChI=1S/C16H18N2O3/c1-10-8-18(9-11(2)21-10)16(20)15(19)13-7-17-14-6-4-3-5-12(13)14/h3-7,10-11,17H,8-9H2,1-2H3/t10-,11-/m1/s1. The maximum atomic E-state index is 12.5. The molecule has 1 aliphatic rings. The molecule has 5 heteroatoms. The predicted molar refractivity (Wildman–Crippen MR) is 79.2 cm³/mol. The zero-order chi connectivity index (χ0) is 15.0. The van der Waals surface area contributed by atoms with Crippen LogP contribution >= 0.6 is 0 Å². The molecule has 0 bridgehead atoms. The smallest absolute Gasteiger partial charge is 0.295 e. The summed E-state index contributed by atoms with van der Waals surface area (Å²) in [5.41, 5.74) is 1.29. The van der Waals surface area contributed by atoms with Crippen molar-refractivity contribution >= 4 is 22.6 Å². The first kappa shape index (κ1) is 13.8. The summed E-state index contributed by atoms with van der Waals surface area (Å²) in [4.78, 5) is 29.5. The van der Waals surface area contributed by atoms with Gasteiger partial charge >= 0.3 is 0 Å². The molecule has 5 nitrogen and oxygen atoms in total. The highest BCUT2D eigenvalue weighted by molar-refractivity contribution is 6.44. The van der Waals surface area contributed by atoms with E-state index in [1.54, 1.807) is 11.1 Å². The summed E-state index contributed by atoms with van der Waals surface area (Å²) in [7, 11) is 0. The van der Waals surface area contributed by atoms with Crippen molar-refractivity contribution in [1.29, 1.82) is 0 Å². The first-order valence-corrected chi connectivity index (χ1v) is 7.11. The van der Waals surface area contributed by atoms with Crippen molar-refractivity contribution in [2.75, 3.05) is 13.1 Å². The molecular formula is C16H18N2O3. The topological polar surface area (TPSA) is 62.4 Å². The van der Waals surface area contributed by atoms with Crippen LogP contribution in [0.5, 0.6) is 0 Å². The molecule has 1 fully saturated rings. The highest BCUT2D eigenvalue weighted by Crippen LogP contribution is 2.20. The quantitative estimate of drug-likeness (QED) is 0.678. The number of aromatic amines is 1. The number of Topliss-reactive ketones (excluding diaryl/α,β-unsaturated/α-hetero) is 1. The molecule has 2 heterocycles. The number of nitrogens with zero attached hydrogens (tertiary/aromatic N) is 1. The van der Waals surface area contributed by atoms with Gasteiger partial charge in [-0.25, -0.2) is 0 Å². The summed E-state index contributed by atoms with van der Waals surface area (Å²) in [6, 6.07) is 7.48. The van der Waals surface area contributed by atoms with Crippen molar-refractivity contribution < 1.29 is 14.3 Å². The molecule has 0 radical (unpaired) electrons. The fourth-order valence-corrected chi connectivity index (χ4v) is 2.86. The normalized spacial score (nSPS) is 22.5. The average molecular weight is 286 g/mol. The van der Waals surface area contributed by atoms with Crippen LogP contribution in [0.1, 0.15) is 24.2 Å². The molecule has 1 amide bonds. The summed E-state index contributed by atoms with van der Waals surface area (Å²) in [6.45, 7) is 4.73. The van der Waals surface area contributed by atoms with Crippen LogP contribution < -0.4 is 0 Å². The number of H-pyrrole nitrogens is 1. The van der Waals surface area contributed by atoms with Crippen LogP contribution in [0.15, 0.2) is 30.5 Å². The van der Waals surface area contributed by atoms with Gasteiger partial charge in [-0.3, -0.25) is 9.59 Å². The number of para-hydroxylation sites is 1. The van der Waals surface area contributed by atoms with Gasteiger partial charge in [-0.15, -0.1) is 0 Å². The number of aromatic nitrogens is 1. The summed E-state index contributed by atoms with van der Waals surface area (Å²) >= 11 is 0. The number of amides is 1. The van der Waals surface area contributed by atoms with Gasteiger partial charge in [0.2, 0.25) is 0 Å². The maximum Gasteiger partial charge on any atom is 0.295 e. The van der Waals surface area contributed by atoms with E-state index in [0.717, 1.165) is 10.9 Å². The van der Waals surface area contributed by atoms with E-state index in [-0.39, 0.29) is 12.2 Å². The van der Waals surface area contributed by atoms with E-state index in [0.29, 0.717) is 18.7 Å². The monoisotopic (exact) mass is 286 g/mol. The Bertz CT molecular complexity index is 682. The van der Waals surface area contributed by atoms with Crippen molar-refractivity contribution in [3.05, 3.63) is 36.0 Å². The Hall–Kier alpha value is -2.14. The minimum atomic E-state index is -0.464. The number of ketones is 1. The van der Waals surface area contributed by atoms with Crippen LogP contribution in [0.3, 0.4) is 0 Å². The molecule has 1 saturated heterocycles. The molecule has 1 aromatic carbocycles. The number of nitrogens with one attached hydrogen (secondary N) is 1. The van der Waals surface area contributed by atoms with Gasteiger partial charge in [-0.1, -0.05) is 18.2 Å². The lowest BCUT2D eigenvalue weighted by Gasteiger charge is -2.34. The number of hydrogen-bond donors (Lipinski definition) is 1. The number of morpholine rings is 1. The first-order chi connectivity index (χ1) is 10.1. The molecular weight excluding hydrogens is 268 g/mol. The van der Waals surface area contributed by atoms with E-state index < -0.39 is 11.7 Å². The zero-order valence-electron chi connectivity index (χ0n) is 12.1. The second kappa shape index (κ2) is 5.33. The Kier molecular flexibility index (Phi) is 3.51. The van der Waals surface area contributed by atoms with Crippen LogP contribution in [0, 0.1) is 0 Å². The van der Waals surface area contributed by atoms with E-state index in [1.165, 1.54) is 0 Å². The Labute approximate surface area is 122 Å². The molecule has 2 aromatic rings. The van der Waals surface area contributed by atoms with Crippen LogP contribution in [0.25, 0.3) is 10.9 Å². The van der Waals surface area contributed by atoms with Gasteiger partial charge in [0.05, 0.1) is 17.8 Å². The number of carbonyl (C=O) groups excluding carboxylic acids is 2. The highest BCUT2D eigenvalue weighted by Gasteiger charge is 2.31. The van der Waals surface area contributed by atoms with Gasteiger partial charge in [0, 0.05) is 30.2 Å². The van der Waals surface area contributed by atoms with Gasteiger partial charge in [-0.05, 0) is 19.9 Å². The van der Waals surface area contributed by atoms with Gasteiger partial charge in [0.25, 0.3) is 11.7 Å². The van der Waals surface area contributed by atoms with E-state index in [4.69, 9.17) is 4.74 Å². The molecule has 0 aliphatic carbocycles. The molecule has 1 aromatic heterocycles. The fourth-order valence-electron chi connectivity index (χ4n) is 2.86. The number of fused-ring (bicyclic) bond motifs is 1. The molecule has 1 N–H and O–H groups in total. The summed E-state index contributed by atoms with van der Waals surface area (Å²) in [6.07, 6.45) is 1.51. The molecule has 0 unspecified atom stereocenters. The van der Waals surface area contributed by atoms with Crippen molar-refractivity contribution in [1.82, 2.24) is 9.88 Å². The number of hydrogen-bond acceptors (Lipinski definition) is 3. The highest BCUT2D eigenvalue weighted by atomic mass is 16.5. The lowest BCUT2D eigenvalue weighted by atomic mass is 10.1. The zero-order valence-corrected chi connectivity index (χ0v) is 12.1. The Morgan fingerprint density at radius 2 is 1.86 bits per heavy atom. The third kappa shape index (κ3) is 2.56. The van der Waals surface area contributed by atoms with Crippen LogP contribution in [0.2, 0.25) is 0 Å². The molecule has 110 valence electrons. The SMILES string of the molecule is C[C@@H]1CN(C(=O)C(=O)c2c[nH]c3ccccc23)C[C@@H](C)O1. The first-order valence-electron chi connectivity index (χ1n) is 7.11. The van der Waals surface area contributed by atoms with Crippen LogP contribution in [0.4, 0.5) is 0 Å². The van der Waals surface area contributed by atoms with E-state index in [1.807, 2.05) is 38.1 Å². The number of rotatable bonds is 2. The Balaban J connectivity index is 1.86. The van der Waals surface area contributed by atoms with Crippen LogP contribution in [-0.2, 0) is 9.53 Å². The lowest BCUT2D eigenvalue weighted by Crippen LogP contribution is -2.50. The Morgan fingerprint density at radius 1 is 1.19 bits per heavy atom. The van der Waals surface area contributed by atoms with Crippen molar-refractivity contribution in [2.45, 2.75) is 26.1 Å². The molecule has 3 rings (SSSR count). The predicted octanol–water partition coefficient (Wildman–Crippen LogP) is 1.99. The third-order valence-electron chi connectivity index (χ3n) is 3.73. The molecule has 21 heavy (non-hydrogen) atoms. The number of carbonyl (C=O) groups is 2. The minimum absolute atomic E-state index is 0.0477. The van der Waals surface area contributed by atoms with Crippen molar-refractivity contribution in [2.24, 2.45) is 0 Å². The second-order valence-electron chi connectivity index (χ2n) is 5.54. The number of benzene rings is 1. The van der Waals surface area contributed by atoms with Crippen molar-refractivity contribution in [3.8, 4) is 0 Å². The van der Waals surface area contributed by atoms with E-state index in [9.17, 15) is 9.59 Å². The summed E-state index contributed by atoms with van der Waals surface area (Å²) in [5, 5.41) is 0.783.